The number of hydrogen-bond acceptors (Lipinski definition) is 13. The molecular formula is C94H106N16O10. The molecule has 11 aromatic heterocycles. The van der Waals surface area contributed by atoms with Crippen LogP contribution in [0.4, 0.5) is 0 Å². The number of hydrogen-bond donors (Lipinski definition) is 8. The first kappa shape index (κ1) is 84.8. The molecule has 26 nitrogen and oxygen atoms in total. The van der Waals surface area contributed by atoms with Crippen LogP contribution in [0.3, 0.4) is 0 Å². The van der Waals surface area contributed by atoms with Crippen molar-refractivity contribution in [2.45, 2.75) is 168 Å². The lowest BCUT2D eigenvalue weighted by Crippen LogP contribution is -2.43. The first-order valence-corrected chi connectivity index (χ1v) is 40.6. The molecule has 26 heteroatoms. The van der Waals surface area contributed by atoms with E-state index in [1.54, 1.807) is 23.3 Å². The SMILES string of the molecule is Cc1cc(C)c(CNC(=O)c2c(C)n(C(C)c3ccccc3)c3cnccc23)c(=O)[nH]1.Cc1cc(C)c(CNC(=O)c2c(C)n(C(C)c3cnn(C)c3)c3ccccc23)c(=O)[nH]1.Cc1cc(C)c(CNC(=O)c2c(C)n(C3CCOCC3)c3ncccc23)c(=O)[nH]1.Cc1cc(C)c(CNC(=O)c2c(C)n(CC3(C)COC3)c3ccccc23)c(=O)[nH]1. The molecule has 14 aromatic rings. The topological polar surface area (TPSA) is 330 Å². The lowest BCUT2D eigenvalue weighted by molar-refractivity contribution is -0.109. The van der Waals surface area contributed by atoms with Crippen molar-refractivity contribution in [3.8, 4) is 0 Å². The Morgan fingerprint density at radius 3 is 1.32 bits per heavy atom. The van der Waals surface area contributed by atoms with Crippen LogP contribution in [-0.4, -0.2) is 108 Å². The molecule has 2 aliphatic heterocycles. The van der Waals surface area contributed by atoms with E-state index >= 15 is 0 Å². The fraction of sp³-hybridized carbons (Fsp3) is 0.330. The zero-order chi connectivity index (χ0) is 85.7. The molecule has 2 aliphatic rings. The lowest BCUT2D eigenvalue weighted by atomic mass is 9.88. The van der Waals surface area contributed by atoms with Gasteiger partial charge in [0.2, 0.25) is 0 Å². The highest BCUT2D eigenvalue weighted by Gasteiger charge is 2.36. The fourth-order valence-electron chi connectivity index (χ4n) is 17.1. The number of rotatable bonds is 19. The second-order valence-corrected chi connectivity index (χ2v) is 32.2. The highest BCUT2D eigenvalue weighted by atomic mass is 16.5. The van der Waals surface area contributed by atoms with Crippen LogP contribution in [0.1, 0.15) is 194 Å². The molecule has 0 spiro atoms. The molecule has 2 atom stereocenters. The molecule has 0 aliphatic carbocycles. The summed E-state index contributed by atoms with van der Waals surface area (Å²) in [6.07, 6.45) is 10.9. The maximum absolute atomic E-state index is 13.3. The number of para-hydroxylation sites is 2. The van der Waals surface area contributed by atoms with Crippen LogP contribution in [0.2, 0.25) is 0 Å². The molecular weight excluding hydrogens is 1510 g/mol. The number of carbonyl (C=O) groups excluding carboxylic acids is 4. The largest absolute Gasteiger partial charge is 0.381 e. The normalized spacial score (nSPS) is 13.6. The summed E-state index contributed by atoms with van der Waals surface area (Å²) < 4.78 is 21.4. The molecule has 0 radical (unpaired) electrons. The summed E-state index contributed by atoms with van der Waals surface area (Å²) in [5, 5.41) is 19.6. The van der Waals surface area contributed by atoms with Crippen molar-refractivity contribution in [3.05, 3.63) is 317 Å². The van der Waals surface area contributed by atoms with Crippen LogP contribution in [0.15, 0.2) is 171 Å². The molecule has 0 saturated carbocycles. The number of ether oxygens (including phenoxy) is 2. The molecule has 13 heterocycles. The van der Waals surface area contributed by atoms with Gasteiger partial charge in [-0.25, -0.2) is 4.98 Å². The molecule has 2 fully saturated rings. The van der Waals surface area contributed by atoms with E-state index in [0.717, 1.165) is 155 Å². The number of H-pyrrole nitrogens is 4. The zero-order valence-electron chi connectivity index (χ0n) is 71.1. The monoisotopic (exact) mass is 1620 g/mol. The number of aromatic amines is 4. The standard InChI is InChI=1S/C25H26N4O2.C24H27N5O2.C23H27N3O3.C22H26N4O3/c1-15-12-16(2)28-24(30)21(15)13-27-25(31)23-18(4)29(22-14-26-11-10-20(22)23)17(3)19-8-6-5-7-9-19;1-14-10-15(2)27-23(30)20(14)12-25-24(31)22-17(4)29(21-9-7-6-8-19(21)22)16(3)18-11-26-28(5)13-18;1-14-9-15(2)25-21(27)18(14)10-24-22(28)20-16(3)26(11-23(4)12-29-13-23)19-8-6-5-7-17(19)20;1-13-11-14(2)25-21(27)18(13)12-24-22(28)19-15(3)26(16-6-9-29-10-7-16)20-17(19)5-4-8-23-20/h5-12,14,17H,13H2,1-4H3,(H,27,31)(H,28,30);6-11,13,16H,12H2,1-5H3,(H,25,31)(H,27,30);5-9H,10-13H2,1-4H3,(H,24,28)(H,25,27);4-5,8,11,16H,6-7,9-10,12H2,1-3H3,(H,24,28)(H,25,27). The lowest BCUT2D eigenvalue weighted by Gasteiger charge is -2.38. The highest BCUT2D eigenvalue weighted by molar-refractivity contribution is 6.11. The van der Waals surface area contributed by atoms with Gasteiger partial charge in [0, 0.05) is 189 Å². The number of nitrogens with zero attached hydrogens (tertiary/aromatic N) is 8. The van der Waals surface area contributed by atoms with E-state index in [1.165, 1.54) is 0 Å². The van der Waals surface area contributed by atoms with Crippen LogP contribution < -0.4 is 43.5 Å². The first-order chi connectivity index (χ1) is 57.4. The molecule has 3 aromatic carbocycles. The van der Waals surface area contributed by atoms with Crippen LogP contribution in [0.5, 0.6) is 0 Å². The number of benzene rings is 3. The number of pyridine rings is 6. The Labute approximate surface area is 695 Å². The van der Waals surface area contributed by atoms with E-state index in [9.17, 15) is 38.4 Å². The number of fused-ring (bicyclic) bond motifs is 4. The van der Waals surface area contributed by atoms with E-state index in [4.69, 9.17) is 9.47 Å². The molecule has 0 bridgehead atoms. The van der Waals surface area contributed by atoms with Gasteiger partial charge < -0.3 is 68.9 Å². The molecule has 2 saturated heterocycles. The van der Waals surface area contributed by atoms with Gasteiger partial charge in [0.1, 0.15) is 5.65 Å². The number of aryl methyl sites for hydroxylation is 9. The van der Waals surface area contributed by atoms with E-state index in [2.05, 4.69) is 114 Å². The first-order valence-electron chi connectivity index (χ1n) is 40.6. The Kier molecular flexibility index (Phi) is 25.5. The van der Waals surface area contributed by atoms with Crippen molar-refractivity contribution in [3.63, 3.8) is 0 Å². The summed E-state index contributed by atoms with van der Waals surface area (Å²) in [6.45, 7) is 33.7. The maximum Gasteiger partial charge on any atom is 0.254 e. The Balaban J connectivity index is 0.000000138. The number of carbonyl (C=O) groups is 4. The summed E-state index contributed by atoms with van der Waals surface area (Å²) >= 11 is 0. The third-order valence-electron chi connectivity index (χ3n) is 23.3. The second kappa shape index (κ2) is 36.0. The molecule has 4 amide bonds. The van der Waals surface area contributed by atoms with Crippen molar-refractivity contribution in [1.82, 2.24) is 79.2 Å². The van der Waals surface area contributed by atoms with Crippen LogP contribution in [0.25, 0.3) is 43.7 Å². The average Bonchev–Trinajstić information content (AvgIpc) is 1.62. The van der Waals surface area contributed by atoms with Gasteiger partial charge in [-0.15, -0.1) is 0 Å². The van der Waals surface area contributed by atoms with Crippen molar-refractivity contribution in [1.29, 1.82) is 0 Å². The Hall–Kier alpha value is -13.1. The van der Waals surface area contributed by atoms with Gasteiger partial charge in [0.15, 0.2) is 0 Å². The third-order valence-corrected chi connectivity index (χ3v) is 23.3. The summed E-state index contributed by atoms with van der Waals surface area (Å²) in [6, 6.07) is 39.7. The van der Waals surface area contributed by atoms with Crippen LogP contribution >= 0.6 is 0 Å². The van der Waals surface area contributed by atoms with Crippen molar-refractivity contribution in [2.24, 2.45) is 12.5 Å². The molecule has 16 rings (SSSR count). The predicted molar refractivity (Wildman–Crippen MR) is 468 cm³/mol. The van der Waals surface area contributed by atoms with Gasteiger partial charge in [-0.1, -0.05) is 73.7 Å². The van der Waals surface area contributed by atoms with Gasteiger partial charge in [-0.3, -0.25) is 48.0 Å². The minimum absolute atomic E-state index is 0.0161. The quantitative estimate of drug-likeness (QED) is 0.0374. The minimum Gasteiger partial charge on any atom is -0.381 e. The van der Waals surface area contributed by atoms with E-state index in [-0.39, 0.29) is 95.6 Å². The Bertz CT molecular complexity index is 6490. The summed E-state index contributed by atoms with van der Waals surface area (Å²) in [4.78, 5) is 122. The van der Waals surface area contributed by atoms with Gasteiger partial charge in [-0.05, 0) is 192 Å². The molecule has 120 heavy (non-hydrogen) atoms. The van der Waals surface area contributed by atoms with E-state index < -0.39 is 0 Å². The van der Waals surface area contributed by atoms with Crippen molar-refractivity contribution < 1.29 is 28.7 Å². The smallest absolute Gasteiger partial charge is 0.254 e. The van der Waals surface area contributed by atoms with Gasteiger partial charge in [-0.2, -0.15) is 5.10 Å². The van der Waals surface area contributed by atoms with Crippen molar-refractivity contribution >= 4 is 67.4 Å². The zero-order valence-corrected chi connectivity index (χ0v) is 71.1. The van der Waals surface area contributed by atoms with Crippen molar-refractivity contribution in [2.75, 3.05) is 26.4 Å². The second-order valence-electron chi connectivity index (χ2n) is 32.2. The van der Waals surface area contributed by atoms with Crippen LogP contribution in [-0.2, 0) is 49.2 Å². The third kappa shape index (κ3) is 17.7. The predicted octanol–water partition coefficient (Wildman–Crippen LogP) is 13.9. The highest BCUT2D eigenvalue weighted by Crippen LogP contribution is 2.37. The van der Waals surface area contributed by atoms with Crippen LogP contribution in [0, 0.1) is 88.5 Å². The minimum atomic E-state index is -0.202. The number of aromatic nitrogens is 12. The summed E-state index contributed by atoms with van der Waals surface area (Å²) in [5.41, 5.74) is 20.6. The van der Waals surface area contributed by atoms with Gasteiger partial charge >= 0.3 is 0 Å². The number of nitrogens with one attached hydrogen (secondary N) is 8. The van der Waals surface area contributed by atoms with E-state index in [0.29, 0.717) is 57.7 Å². The summed E-state index contributed by atoms with van der Waals surface area (Å²) in [7, 11) is 1.89. The van der Waals surface area contributed by atoms with E-state index in [1.807, 2.05) is 206 Å². The average molecular weight is 1620 g/mol. The Morgan fingerprint density at radius 2 is 0.875 bits per heavy atom. The number of amides is 4. The molecule has 2 unspecified atom stereocenters. The van der Waals surface area contributed by atoms with Gasteiger partial charge in [0.05, 0.1) is 65.5 Å². The van der Waals surface area contributed by atoms with Gasteiger partial charge in [0.25, 0.3) is 45.9 Å². The maximum atomic E-state index is 13.3. The molecule has 8 N–H and O–H groups in total. The fourth-order valence-corrected chi connectivity index (χ4v) is 17.1. The Morgan fingerprint density at radius 1 is 0.467 bits per heavy atom. The summed E-state index contributed by atoms with van der Waals surface area (Å²) in [5.74, 6) is -0.741. The molecule has 622 valence electrons.